The maximum atomic E-state index is 6.25. The van der Waals surface area contributed by atoms with Gasteiger partial charge in [-0.05, 0) is 24.1 Å². The molecule has 3 aromatic carbocycles. The maximum Gasteiger partial charge on any atom is 0.148 e. The Hall–Kier alpha value is -2.45. The average molecular weight is 316 g/mol. The van der Waals surface area contributed by atoms with Gasteiger partial charge in [0.1, 0.15) is 11.3 Å². The first-order valence-electron chi connectivity index (χ1n) is 7.61. The lowest BCUT2D eigenvalue weighted by Gasteiger charge is -2.06. The molecule has 112 valence electrons. The fraction of sp³-hybridized carbons (Fsp3) is 0.0476. The third-order valence-electron chi connectivity index (χ3n) is 4.16. The summed E-state index contributed by atoms with van der Waals surface area (Å²) in [6.45, 7) is 2.12. The van der Waals surface area contributed by atoms with Crippen LogP contribution < -0.4 is 0 Å². The molecule has 0 fully saturated rings. The second kappa shape index (κ2) is 5.64. The van der Waals surface area contributed by atoms with Gasteiger partial charge in [-0.15, -0.1) is 12.6 Å². The van der Waals surface area contributed by atoms with Gasteiger partial charge in [0.2, 0.25) is 0 Å². The standard InChI is InChI=1S/C21H16OS/c1-14-8-5-6-11-16(14)17-12-7-13-18-20(17)22-19(21(18)23)15-9-3-2-4-10-15/h2-13,23H,1H3. The summed E-state index contributed by atoms with van der Waals surface area (Å²) in [5.41, 5.74) is 5.48. The van der Waals surface area contributed by atoms with E-state index in [-0.39, 0.29) is 0 Å². The minimum atomic E-state index is 0.824. The summed E-state index contributed by atoms with van der Waals surface area (Å²) in [4.78, 5) is 0.890. The predicted molar refractivity (Wildman–Crippen MR) is 99.1 cm³/mol. The van der Waals surface area contributed by atoms with E-state index >= 15 is 0 Å². The van der Waals surface area contributed by atoms with E-state index in [1.807, 2.05) is 30.3 Å². The number of thiol groups is 1. The van der Waals surface area contributed by atoms with Crippen molar-refractivity contribution in [2.75, 3.05) is 0 Å². The van der Waals surface area contributed by atoms with E-state index in [4.69, 9.17) is 17.0 Å². The fourth-order valence-electron chi connectivity index (χ4n) is 2.98. The summed E-state index contributed by atoms with van der Waals surface area (Å²) >= 11 is 4.72. The molecule has 1 heterocycles. The van der Waals surface area contributed by atoms with Crippen molar-refractivity contribution in [2.45, 2.75) is 11.8 Å². The van der Waals surface area contributed by atoms with Crippen molar-refractivity contribution in [1.29, 1.82) is 0 Å². The van der Waals surface area contributed by atoms with Crippen LogP contribution in [0.15, 0.2) is 82.1 Å². The van der Waals surface area contributed by atoms with Crippen molar-refractivity contribution in [3.63, 3.8) is 0 Å². The molecule has 0 saturated carbocycles. The van der Waals surface area contributed by atoms with Crippen molar-refractivity contribution in [1.82, 2.24) is 0 Å². The van der Waals surface area contributed by atoms with E-state index in [0.29, 0.717) is 0 Å². The van der Waals surface area contributed by atoms with Crippen LogP contribution in [-0.2, 0) is 0 Å². The molecule has 0 amide bonds. The first-order valence-corrected chi connectivity index (χ1v) is 8.06. The van der Waals surface area contributed by atoms with Crippen molar-refractivity contribution in [3.8, 4) is 22.5 Å². The van der Waals surface area contributed by atoms with Gasteiger partial charge in [0.05, 0.1) is 4.90 Å². The topological polar surface area (TPSA) is 13.1 Å². The molecular weight excluding hydrogens is 300 g/mol. The SMILES string of the molecule is Cc1ccccc1-c1cccc2c(S)c(-c3ccccc3)oc12. The average Bonchev–Trinajstić information content (AvgIpc) is 2.93. The lowest BCUT2D eigenvalue weighted by Crippen LogP contribution is -1.82. The molecule has 0 aliphatic carbocycles. The predicted octanol–water partition coefficient (Wildman–Crippen LogP) is 6.36. The minimum Gasteiger partial charge on any atom is -0.454 e. The first-order chi connectivity index (χ1) is 11.3. The summed E-state index contributed by atoms with van der Waals surface area (Å²) in [7, 11) is 0. The van der Waals surface area contributed by atoms with Gasteiger partial charge in [0.25, 0.3) is 0 Å². The fourth-order valence-corrected chi connectivity index (χ4v) is 3.33. The highest BCUT2D eigenvalue weighted by molar-refractivity contribution is 7.80. The van der Waals surface area contributed by atoms with Crippen LogP contribution in [0.2, 0.25) is 0 Å². The van der Waals surface area contributed by atoms with Crippen molar-refractivity contribution in [2.24, 2.45) is 0 Å². The highest BCUT2D eigenvalue weighted by Gasteiger charge is 2.16. The molecule has 23 heavy (non-hydrogen) atoms. The zero-order valence-corrected chi connectivity index (χ0v) is 13.7. The number of hydrogen-bond donors (Lipinski definition) is 1. The van der Waals surface area contributed by atoms with Crippen LogP contribution in [0, 0.1) is 6.92 Å². The molecule has 4 rings (SSSR count). The number of benzene rings is 3. The molecule has 0 aliphatic heterocycles. The molecular formula is C21H16OS. The van der Waals surface area contributed by atoms with E-state index in [2.05, 4.69) is 49.4 Å². The molecule has 1 nitrogen and oxygen atoms in total. The van der Waals surface area contributed by atoms with Crippen LogP contribution in [0.1, 0.15) is 5.56 Å². The largest absolute Gasteiger partial charge is 0.454 e. The normalized spacial score (nSPS) is 11.0. The smallest absolute Gasteiger partial charge is 0.148 e. The Morgan fingerprint density at radius 1 is 0.739 bits per heavy atom. The number of fused-ring (bicyclic) bond motifs is 1. The molecule has 0 radical (unpaired) electrons. The third kappa shape index (κ3) is 2.36. The molecule has 0 bridgehead atoms. The van der Waals surface area contributed by atoms with E-state index in [0.717, 1.165) is 32.8 Å². The first kappa shape index (κ1) is 14.2. The number of furan rings is 1. The van der Waals surface area contributed by atoms with Crippen molar-refractivity contribution in [3.05, 3.63) is 78.4 Å². The molecule has 0 spiro atoms. The molecule has 2 heteroatoms. The zero-order chi connectivity index (χ0) is 15.8. The minimum absolute atomic E-state index is 0.824. The van der Waals surface area contributed by atoms with E-state index in [1.165, 1.54) is 11.1 Å². The Balaban J connectivity index is 2.01. The Bertz CT molecular complexity index is 983. The quantitative estimate of drug-likeness (QED) is 0.424. The summed E-state index contributed by atoms with van der Waals surface area (Å²) in [5.74, 6) is 0.824. The Morgan fingerprint density at radius 3 is 2.22 bits per heavy atom. The Kier molecular flexibility index (Phi) is 3.47. The molecule has 0 aliphatic rings. The van der Waals surface area contributed by atoms with Crippen molar-refractivity contribution < 1.29 is 4.42 Å². The number of para-hydroxylation sites is 1. The lowest BCUT2D eigenvalue weighted by atomic mass is 9.99. The number of hydrogen-bond acceptors (Lipinski definition) is 2. The van der Waals surface area contributed by atoms with Gasteiger partial charge in [-0.1, -0.05) is 66.7 Å². The van der Waals surface area contributed by atoms with Gasteiger partial charge >= 0.3 is 0 Å². The van der Waals surface area contributed by atoms with Gasteiger partial charge in [-0.3, -0.25) is 0 Å². The second-order valence-electron chi connectivity index (χ2n) is 5.64. The Labute approximate surface area is 141 Å². The van der Waals surface area contributed by atoms with Crippen molar-refractivity contribution >= 4 is 23.6 Å². The van der Waals surface area contributed by atoms with E-state index in [1.54, 1.807) is 0 Å². The van der Waals surface area contributed by atoms with Gasteiger partial charge in [-0.25, -0.2) is 0 Å². The van der Waals surface area contributed by atoms with Crippen LogP contribution in [0.3, 0.4) is 0 Å². The monoisotopic (exact) mass is 316 g/mol. The lowest BCUT2D eigenvalue weighted by molar-refractivity contribution is 0.626. The molecule has 0 atom stereocenters. The molecule has 0 saturated heterocycles. The molecule has 4 aromatic rings. The number of rotatable bonds is 2. The van der Waals surface area contributed by atoms with Gasteiger partial charge in [0.15, 0.2) is 0 Å². The zero-order valence-electron chi connectivity index (χ0n) is 12.8. The molecule has 0 N–H and O–H groups in total. The summed E-state index contributed by atoms with van der Waals surface area (Å²) < 4.78 is 6.25. The van der Waals surface area contributed by atoms with Gasteiger partial charge < -0.3 is 4.42 Å². The van der Waals surface area contributed by atoms with Gasteiger partial charge in [0, 0.05) is 16.5 Å². The van der Waals surface area contributed by atoms with Crippen LogP contribution in [0.25, 0.3) is 33.4 Å². The third-order valence-corrected chi connectivity index (χ3v) is 4.60. The number of aryl methyl sites for hydroxylation is 1. The maximum absolute atomic E-state index is 6.25. The van der Waals surface area contributed by atoms with E-state index in [9.17, 15) is 0 Å². The van der Waals surface area contributed by atoms with E-state index < -0.39 is 0 Å². The molecule has 0 unspecified atom stereocenters. The highest BCUT2D eigenvalue weighted by Crippen LogP contribution is 2.40. The van der Waals surface area contributed by atoms with Crippen LogP contribution >= 0.6 is 12.6 Å². The Morgan fingerprint density at radius 2 is 1.43 bits per heavy atom. The van der Waals surface area contributed by atoms with Crippen LogP contribution in [0.5, 0.6) is 0 Å². The van der Waals surface area contributed by atoms with Gasteiger partial charge in [-0.2, -0.15) is 0 Å². The highest BCUT2D eigenvalue weighted by atomic mass is 32.1. The summed E-state index contributed by atoms with van der Waals surface area (Å²) in [6, 6.07) is 24.7. The van der Waals surface area contributed by atoms with Crippen LogP contribution in [-0.4, -0.2) is 0 Å². The molecule has 1 aromatic heterocycles. The summed E-state index contributed by atoms with van der Waals surface area (Å²) in [5, 5.41) is 1.05. The second-order valence-corrected chi connectivity index (χ2v) is 6.09. The summed E-state index contributed by atoms with van der Waals surface area (Å²) in [6.07, 6.45) is 0. The van der Waals surface area contributed by atoms with Crippen LogP contribution in [0.4, 0.5) is 0 Å².